The van der Waals surface area contributed by atoms with Crippen molar-refractivity contribution < 1.29 is 14.4 Å². The van der Waals surface area contributed by atoms with Crippen LogP contribution < -0.4 is 5.01 Å². The first-order chi connectivity index (χ1) is 10.7. The van der Waals surface area contributed by atoms with Crippen LogP contribution in [0, 0.1) is 0 Å². The van der Waals surface area contributed by atoms with Gasteiger partial charge >= 0.3 is 0 Å². The standard InChI is InChI=1S/C17H14N2O3/c20-15-11-12-16(21)19(15)18(14-9-5-2-6-10-14)17(22)13-7-3-1-4-8-13/h1-10H,11-12H2. The summed E-state index contributed by atoms with van der Waals surface area (Å²) in [6, 6.07) is 17.3. The predicted octanol–water partition coefficient (Wildman–Crippen LogP) is 2.40. The van der Waals surface area contributed by atoms with Crippen LogP contribution in [0.2, 0.25) is 0 Å². The minimum atomic E-state index is -0.407. The number of hydrazine groups is 1. The highest BCUT2D eigenvalue weighted by Crippen LogP contribution is 2.24. The summed E-state index contributed by atoms with van der Waals surface area (Å²) < 4.78 is 0. The van der Waals surface area contributed by atoms with Crippen LogP contribution in [0.4, 0.5) is 5.69 Å². The van der Waals surface area contributed by atoms with Crippen LogP contribution in [0.1, 0.15) is 23.2 Å². The molecule has 0 aliphatic carbocycles. The Morgan fingerprint density at radius 1 is 0.818 bits per heavy atom. The maximum Gasteiger partial charge on any atom is 0.277 e. The van der Waals surface area contributed by atoms with E-state index in [0.29, 0.717) is 11.3 Å². The summed E-state index contributed by atoms with van der Waals surface area (Å²) in [5.74, 6) is -1.13. The second-order valence-electron chi connectivity index (χ2n) is 4.92. The van der Waals surface area contributed by atoms with E-state index in [1.807, 2.05) is 6.07 Å². The number of benzene rings is 2. The minimum Gasteiger partial charge on any atom is -0.272 e. The zero-order chi connectivity index (χ0) is 15.5. The number of imide groups is 1. The van der Waals surface area contributed by atoms with Crippen molar-refractivity contribution >= 4 is 23.4 Å². The van der Waals surface area contributed by atoms with Crippen LogP contribution in [-0.4, -0.2) is 22.7 Å². The molecule has 1 aliphatic rings. The first-order valence-electron chi connectivity index (χ1n) is 6.99. The fourth-order valence-corrected chi connectivity index (χ4v) is 2.38. The summed E-state index contributed by atoms with van der Waals surface area (Å²) in [6.07, 6.45) is 0.258. The molecule has 1 fully saturated rings. The molecular weight excluding hydrogens is 280 g/mol. The van der Waals surface area contributed by atoms with Gasteiger partial charge in [-0.1, -0.05) is 36.4 Å². The van der Waals surface area contributed by atoms with E-state index in [-0.39, 0.29) is 24.7 Å². The number of hydrogen-bond acceptors (Lipinski definition) is 3. The van der Waals surface area contributed by atoms with Gasteiger partial charge in [-0.25, -0.2) is 5.01 Å². The molecule has 1 heterocycles. The molecule has 5 nitrogen and oxygen atoms in total. The van der Waals surface area contributed by atoms with Gasteiger partial charge in [0.1, 0.15) is 0 Å². The predicted molar refractivity (Wildman–Crippen MR) is 80.8 cm³/mol. The van der Waals surface area contributed by atoms with Gasteiger partial charge in [0.05, 0.1) is 5.69 Å². The van der Waals surface area contributed by atoms with Crippen molar-refractivity contribution in [2.45, 2.75) is 12.8 Å². The van der Waals surface area contributed by atoms with Crippen LogP contribution in [-0.2, 0) is 9.59 Å². The summed E-state index contributed by atoms with van der Waals surface area (Å²) in [5.41, 5.74) is 0.902. The second-order valence-corrected chi connectivity index (χ2v) is 4.92. The van der Waals surface area contributed by atoms with Crippen LogP contribution in [0.25, 0.3) is 0 Å². The normalized spacial score (nSPS) is 14.3. The van der Waals surface area contributed by atoms with Gasteiger partial charge in [0.25, 0.3) is 5.91 Å². The van der Waals surface area contributed by atoms with E-state index in [4.69, 9.17) is 0 Å². The molecule has 0 atom stereocenters. The molecule has 0 N–H and O–H groups in total. The van der Waals surface area contributed by atoms with Crippen molar-refractivity contribution in [3.8, 4) is 0 Å². The fraction of sp³-hybridized carbons (Fsp3) is 0.118. The monoisotopic (exact) mass is 294 g/mol. The lowest BCUT2D eigenvalue weighted by Gasteiger charge is -2.30. The molecule has 3 amide bonds. The van der Waals surface area contributed by atoms with Crippen molar-refractivity contribution in [3.63, 3.8) is 0 Å². The maximum absolute atomic E-state index is 12.8. The van der Waals surface area contributed by atoms with Crippen LogP contribution in [0.5, 0.6) is 0 Å². The molecule has 2 aromatic carbocycles. The molecular formula is C17H14N2O3. The lowest BCUT2D eigenvalue weighted by Crippen LogP contribution is -2.49. The third-order valence-electron chi connectivity index (χ3n) is 3.44. The first-order valence-corrected chi connectivity index (χ1v) is 6.99. The van der Waals surface area contributed by atoms with Crippen LogP contribution in [0.3, 0.4) is 0 Å². The topological polar surface area (TPSA) is 57.7 Å². The number of para-hydroxylation sites is 1. The van der Waals surface area contributed by atoms with Gasteiger partial charge in [-0.05, 0) is 24.3 Å². The quantitative estimate of drug-likeness (QED) is 0.817. The molecule has 0 saturated carbocycles. The van der Waals surface area contributed by atoms with E-state index in [0.717, 1.165) is 10.0 Å². The van der Waals surface area contributed by atoms with Gasteiger partial charge < -0.3 is 0 Å². The largest absolute Gasteiger partial charge is 0.277 e. The zero-order valence-corrected chi connectivity index (χ0v) is 11.8. The Morgan fingerprint density at radius 3 is 1.86 bits per heavy atom. The lowest BCUT2D eigenvalue weighted by atomic mass is 10.2. The summed E-state index contributed by atoms with van der Waals surface area (Å²) in [4.78, 5) is 36.9. The SMILES string of the molecule is O=C1CCC(=O)N1N(C(=O)c1ccccc1)c1ccccc1. The van der Waals surface area contributed by atoms with E-state index in [9.17, 15) is 14.4 Å². The number of anilines is 1. The average Bonchev–Trinajstić information content (AvgIpc) is 2.89. The third-order valence-corrected chi connectivity index (χ3v) is 3.44. The number of nitrogens with zero attached hydrogens (tertiary/aromatic N) is 2. The highest BCUT2D eigenvalue weighted by molar-refractivity contribution is 6.13. The summed E-state index contributed by atoms with van der Waals surface area (Å²) in [6.45, 7) is 0. The Bertz CT molecular complexity index is 697. The number of amides is 3. The Hall–Kier alpha value is -2.95. The highest BCUT2D eigenvalue weighted by Gasteiger charge is 2.37. The van der Waals surface area contributed by atoms with Gasteiger partial charge in [-0.3, -0.25) is 14.4 Å². The molecule has 110 valence electrons. The number of hydrogen-bond donors (Lipinski definition) is 0. The summed E-state index contributed by atoms with van der Waals surface area (Å²) >= 11 is 0. The van der Waals surface area contributed by atoms with Gasteiger partial charge in [0.2, 0.25) is 11.8 Å². The Balaban J connectivity index is 2.06. The fourth-order valence-electron chi connectivity index (χ4n) is 2.38. The molecule has 1 saturated heterocycles. The van der Waals surface area contributed by atoms with Crippen molar-refractivity contribution in [2.24, 2.45) is 0 Å². The highest BCUT2D eigenvalue weighted by atomic mass is 16.2. The van der Waals surface area contributed by atoms with E-state index < -0.39 is 5.91 Å². The maximum atomic E-state index is 12.8. The molecule has 2 aromatic rings. The van der Waals surface area contributed by atoms with Crippen molar-refractivity contribution in [2.75, 3.05) is 5.01 Å². The zero-order valence-electron chi connectivity index (χ0n) is 11.8. The molecule has 0 spiro atoms. The van der Waals surface area contributed by atoms with Crippen molar-refractivity contribution in [3.05, 3.63) is 66.2 Å². The molecule has 1 aliphatic heterocycles. The molecule has 0 radical (unpaired) electrons. The minimum absolute atomic E-state index is 0.129. The van der Waals surface area contributed by atoms with E-state index >= 15 is 0 Å². The molecule has 22 heavy (non-hydrogen) atoms. The number of carbonyl (C=O) groups is 3. The first kappa shape index (κ1) is 14.0. The van der Waals surface area contributed by atoms with Crippen LogP contribution >= 0.6 is 0 Å². The van der Waals surface area contributed by atoms with Gasteiger partial charge in [-0.15, -0.1) is 0 Å². The van der Waals surface area contributed by atoms with Crippen molar-refractivity contribution in [1.82, 2.24) is 5.01 Å². The Morgan fingerprint density at radius 2 is 1.32 bits per heavy atom. The number of rotatable bonds is 3. The van der Waals surface area contributed by atoms with E-state index in [1.54, 1.807) is 54.6 Å². The molecule has 0 unspecified atom stereocenters. The lowest BCUT2D eigenvalue weighted by molar-refractivity contribution is -0.138. The smallest absolute Gasteiger partial charge is 0.272 e. The van der Waals surface area contributed by atoms with Gasteiger partial charge in [-0.2, -0.15) is 5.01 Å². The second kappa shape index (κ2) is 5.81. The molecule has 0 bridgehead atoms. The Kier molecular flexibility index (Phi) is 3.70. The van der Waals surface area contributed by atoms with Crippen molar-refractivity contribution in [1.29, 1.82) is 0 Å². The molecule has 0 aromatic heterocycles. The summed E-state index contributed by atoms with van der Waals surface area (Å²) in [5, 5.41) is 2.11. The van der Waals surface area contributed by atoms with E-state index in [1.165, 1.54) is 0 Å². The number of carbonyl (C=O) groups excluding carboxylic acids is 3. The summed E-state index contributed by atoms with van der Waals surface area (Å²) in [7, 11) is 0. The molecule has 5 heteroatoms. The average molecular weight is 294 g/mol. The van der Waals surface area contributed by atoms with E-state index in [2.05, 4.69) is 0 Å². The van der Waals surface area contributed by atoms with Gasteiger partial charge in [0.15, 0.2) is 0 Å². The van der Waals surface area contributed by atoms with Crippen LogP contribution in [0.15, 0.2) is 60.7 Å². The van der Waals surface area contributed by atoms with Gasteiger partial charge in [0, 0.05) is 18.4 Å². The molecule has 3 rings (SSSR count). The Labute approximate surface area is 127 Å². The third kappa shape index (κ3) is 2.48.